The number of amides is 3. The Morgan fingerprint density at radius 1 is 1.06 bits per heavy atom. The van der Waals surface area contributed by atoms with E-state index in [4.69, 9.17) is 14.2 Å². The Hall–Kier alpha value is -3.42. The van der Waals surface area contributed by atoms with Gasteiger partial charge in [-0.25, -0.2) is 4.79 Å². The van der Waals surface area contributed by atoms with Gasteiger partial charge < -0.3 is 29.3 Å². The van der Waals surface area contributed by atoms with Crippen LogP contribution < -0.4 is 24.4 Å². The third-order valence-electron chi connectivity index (χ3n) is 6.26. The smallest absolute Gasteiger partial charge is 0.318 e. The predicted molar refractivity (Wildman–Crippen MR) is 121 cm³/mol. The van der Waals surface area contributed by atoms with E-state index in [1.54, 1.807) is 26.2 Å². The van der Waals surface area contributed by atoms with E-state index in [1.165, 1.54) is 0 Å². The second kappa shape index (κ2) is 8.98. The molecule has 3 amide bonds. The van der Waals surface area contributed by atoms with Gasteiger partial charge >= 0.3 is 6.03 Å². The Kier molecular flexibility index (Phi) is 6.12. The quantitative estimate of drug-likeness (QED) is 0.774. The molecular formula is C24H29N3O5. The highest BCUT2D eigenvalue weighted by molar-refractivity contribution is 5.97. The molecule has 0 saturated carbocycles. The van der Waals surface area contributed by atoms with Gasteiger partial charge in [0.15, 0.2) is 11.5 Å². The van der Waals surface area contributed by atoms with E-state index in [1.807, 2.05) is 48.2 Å². The third-order valence-corrected chi connectivity index (χ3v) is 6.26. The molecule has 0 spiro atoms. The second-order valence-electron chi connectivity index (χ2n) is 8.08. The maximum Gasteiger partial charge on any atom is 0.318 e. The number of ether oxygens (including phenoxy) is 3. The van der Waals surface area contributed by atoms with E-state index in [0.29, 0.717) is 30.3 Å². The molecule has 0 aliphatic carbocycles. The molecule has 0 unspecified atom stereocenters. The summed E-state index contributed by atoms with van der Waals surface area (Å²) in [4.78, 5) is 29.2. The number of rotatable bonds is 5. The molecule has 8 heteroatoms. The van der Waals surface area contributed by atoms with Crippen molar-refractivity contribution >= 4 is 17.6 Å². The van der Waals surface area contributed by atoms with Gasteiger partial charge in [-0.1, -0.05) is 6.07 Å². The Bertz CT molecular complexity index is 1020. The molecule has 2 heterocycles. The monoisotopic (exact) mass is 439 g/mol. The SMILES string of the molecule is COc1cccc(N2C[C@@H](NC(=O)N3CCc4cc(OC)c(OC)cc4[C@@H]3C)CC2=O)c1. The average molecular weight is 440 g/mol. The van der Waals surface area contributed by atoms with Crippen LogP contribution in [0.15, 0.2) is 36.4 Å². The van der Waals surface area contributed by atoms with Crippen LogP contribution in [0.1, 0.15) is 30.5 Å². The molecule has 1 fully saturated rings. The lowest BCUT2D eigenvalue weighted by Gasteiger charge is -2.36. The summed E-state index contributed by atoms with van der Waals surface area (Å²) in [5.74, 6) is 2.02. The summed E-state index contributed by atoms with van der Waals surface area (Å²) in [5.41, 5.74) is 2.97. The van der Waals surface area contributed by atoms with Crippen molar-refractivity contribution in [1.29, 1.82) is 0 Å². The molecule has 2 aromatic carbocycles. The van der Waals surface area contributed by atoms with Gasteiger partial charge in [-0.2, -0.15) is 0 Å². The number of methoxy groups -OCH3 is 3. The number of carbonyl (C=O) groups is 2. The third kappa shape index (κ3) is 4.04. The van der Waals surface area contributed by atoms with E-state index < -0.39 is 0 Å². The van der Waals surface area contributed by atoms with Crippen LogP contribution in [0.5, 0.6) is 17.2 Å². The van der Waals surface area contributed by atoms with Gasteiger partial charge in [0, 0.05) is 31.3 Å². The number of nitrogens with zero attached hydrogens (tertiary/aromatic N) is 2. The molecule has 2 aromatic rings. The van der Waals surface area contributed by atoms with Gasteiger partial charge in [0.25, 0.3) is 0 Å². The standard InChI is InChI=1S/C24H29N3O5/c1-15-20-13-22(32-4)21(31-3)10-16(20)8-9-26(15)24(29)25-17-11-23(28)27(14-17)18-6-5-7-19(12-18)30-2/h5-7,10,12-13,15,17H,8-9,11,14H2,1-4H3,(H,25,29)/t15-,17-/m0/s1. The van der Waals surface area contributed by atoms with E-state index in [-0.39, 0.29) is 30.4 Å². The molecule has 4 rings (SSSR count). The maximum atomic E-state index is 13.1. The van der Waals surface area contributed by atoms with Crippen molar-refractivity contribution in [1.82, 2.24) is 10.2 Å². The van der Waals surface area contributed by atoms with Crippen molar-refractivity contribution < 1.29 is 23.8 Å². The second-order valence-corrected chi connectivity index (χ2v) is 8.08. The van der Waals surface area contributed by atoms with Gasteiger partial charge in [-0.05, 0) is 48.7 Å². The Morgan fingerprint density at radius 3 is 2.53 bits per heavy atom. The van der Waals surface area contributed by atoms with E-state index in [2.05, 4.69) is 5.32 Å². The summed E-state index contributed by atoms with van der Waals surface area (Å²) < 4.78 is 16.1. The molecule has 2 aliphatic rings. The summed E-state index contributed by atoms with van der Waals surface area (Å²) in [6, 6.07) is 10.8. The lowest BCUT2D eigenvalue weighted by atomic mass is 9.93. The topological polar surface area (TPSA) is 80.3 Å². The zero-order valence-electron chi connectivity index (χ0n) is 18.9. The van der Waals surface area contributed by atoms with Crippen LogP contribution in [0.3, 0.4) is 0 Å². The lowest BCUT2D eigenvalue weighted by molar-refractivity contribution is -0.117. The van der Waals surface area contributed by atoms with Gasteiger partial charge in [0.2, 0.25) is 5.91 Å². The fraction of sp³-hybridized carbons (Fsp3) is 0.417. The van der Waals surface area contributed by atoms with Crippen LogP contribution in [0.25, 0.3) is 0 Å². The van der Waals surface area contributed by atoms with Crippen LogP contribution >= 0.6 is 0 Å². The predicted octanol–water partition coefficient (Wildman–Crippen LogP) is 3.15. The Morgan fingerprint density at radius 2 is 1.81 bits per heavy atom. The molecule has 2 aliphatic heterocycles. The first-order chi connectivity index (χ1) is 15.4. The molecule has 170 valence electrons. The minimum atomic E-state index is -0.250. The van der Waals surface area contributed by atoms with Crippen LogP contribution in [0, 0.1) is 0 Å². The van der Waals surface area contributed by atoms with Crippen molar-refractivity contribution in [3.63, 3.8) is 0 Å². The molecule has 2 atom stereocenters. The number of urea groups is 1. The van der Waals surface area contributed by atoms with Crippen molar-refractivity contribution in [2.45, 2.75) is 31.8 Å². The van der Waals surface area contributed by atoms with Crippen LogP contribution in [0.4, 0.5) is 10.5 Å². The fourth-order valence-electron chi connectivity index (χ4n) is 4.51. The molecule has 0 aromatic heterocycles. The summed E-state index contributed by atoms with van der Waals surface area (Å²) in [6.45, 7) is 3.03. The molecule has 32 heavy (non-hydrogen) atoms. The van der Waals surface area contributed by atoms with Gasteiger partial charge in [-0.15, -0.1) is 0 Å². The highest BCUT2D eigenvalue weighted by atomic mass is 16.5. The Labute approximate surface area is 188 Å². The minimum Gasteiger partial charge on any atom is -0.497 e. The van der Waals surface area contributed by atoms with Crippen molar-refractivity contribution in [2.75, 3.05) is 39.3 Å². The van der Waals surface area contributed by atoms with Crippen LogP contribution in [0.2, 0.25) is 0 Å². The zero-order valence-corrected chi connectivity index (χ0v) is 18.9. The van der Waals surface area contributed by atoms with E-state index in [9.17, 15) is 9.59 Å². The first-order valence-electron chi connectivity index (χ1n) is 10.7. The number of fused-ring (bicyclic) bond motifs is 1. The number of hydrogen-bond acceptors (Lipinski definition) is 5. The number of carbonyl (C=O) groups excluding carboxylic acids is 2. The number of anilines is 1. The van der Waals surface area contributed by atoms with Gasteiger partial charge in [0.05, 0.1) is 33.4 Å². The highest BCUT2D eigenvalue weighted by Gasteiger charge is 2.35. The first kappa shape index (κ1) is 21.8. The number of benzene rings is 2. The first-order valence-corrected chi connectivity index (χ1v) is 10.7. The molecule has 0 bridgehead atoms. The summed E-state index contributed by atoms with van der Waals surface area (Å²) in [6.07, 6.45) is 1.000. The van der Waals surface area contributed by atoms with E-state index >= 15 is 0 Å². The lowest BCUT2D eigenvalue weighted by Crippen LogP contribution is -2.48. The van der Waals surface area contributed by atoms with Crippen molar-refractivity contribution in [3.8, 4) is 17.2 Å². The number of hydrogen-bond donors (Lipinski definition) is 1. The molecule has 0 radical (unpaired) electrons. The van der Waals surface area contributed by atoms with Crippen LogP contribution in [-0.2, 0) is 11.2 Å². The number of nitrogens with one attached hydrogen (secondary N) is 1. The van der Waals surface area contributed by atoms with Crippen molar-refractivity contribution in [3.05, 3.63) is 47.5 Å². The van der Waals surface area contributed by atoms with Crippen molar-refractivity contribution in [2.24, 2.45) is 0 Å². The normalized spacial score (nSPS) is 20.1. The summed E-state index contributed by atoms with van der Waals surface area (Å²) in [5, 5.41) is 3.06. The molecule has 8 nitrogen and oxygen atoms in total. The minimum absolute atomic E-state index is 0.0163. The molecule has 1 N–H and O–H groups in total. The molecule has 1 saturated heterocycles. The highest BCUT2D eigenvalue weighted by Crippen LogP contribution is 2.38. The Balaban J connectivity index is 1.45. The van der Waals surface area contributed by atoms with Gasteiger partial charge in [-0.3, -0.25) is 4.79 Å². The summed E-state index contributed by atoms with van der Waals surface area (Å²) in [7, 11) is 4.82. The maximum absolute atomic E-state index is 13.1. The fourth-order valence-corrected chi connectivity index (χ4v) is 4.51. The zero-order chi connectivity index (χ0) is 22.8. The molecular weight excluding hydrogens is 410 g/mol. The average Bonchev–Trinajstić information content (AvgIpc) is 3.18. The van der Waals surface area contributed by atoms with E-state index in [0.717, 1.165) is 23.2 Å². The van der Waals surface area contributed by atoms with Gasteiger partial charge in [0.1, 0.15) is 5.75 Å². The summed E-state index contributed by atoms with van der Waals surface area (Å²) >= 11 is 0. The largest absolute Gasteiger partial charge is 0.497 e. The van der Waals surface area contributed by atoms with Crippen LogP contribution in [-0.4, -0.2) is 57.3 Å².